The van der Waals surface area contributed by atoms with Crippen molar-refractivity contribution in [2.24, 2.45) is 10.2 Å². The Morgan fingerprint density at radius 3 is 2.64 bits per heavy atom. The number of fused-ring (bicyclic) bond motifs is 1. The Hall–Kier alpha value is -2.75. The summed E-state index contributed by atoms with van der Waals surface area (Å²) in [6, 6.07) is 18.8. The number of nitrogens with zero attached hydrogens (tertiary/aromatic N) is 2. The van der Waals surface area contributed by atoms with Gasteiger partial charge in [-0.05, 0) is 17.7 Å². The molecule has 0 spiro atoms. The van der Waals surface area contributed by atoms with E-state index in [1.807, 2.05) is 48.5 Å². The zero-order valence-corrected chi connectivity index (χ0v) is 11.8. The van der Waals surface area contributed by atoms with E-state index in [4.69, 9.17) is 4.42 Å². The lowest BCUT2D eigenvalue weighted by Crippen LogP contribution is -2.11. The molecular weight excluding hydrogens is 276 g/mol. The van der Waals surface area contributed by atoms with Crippen molar-refractivity contribution < 1.29 is 4.42 Å². The van der Waals surface area contributed by atoms with Gasteiger partial charge < -0.3 is 4.42 Å². The second-order valence-electron chi connectivity index (χ2n) is 5.41. The van der Waals surface area contributed by atoms with Gasteiger partial charge in [0.05, 0.1) is 17.8 Å². The number of benzene rings is 2. The van der Waals surface area contributed by atoms with Crippen LogP contribution in [0.15, 0.2) is 80.1 Å². The van der Waals surface area contributed by atoms with Crippen molar-refractivity contribution in [1.29, 1.82) is 0 Å². The number of hydrogen-bond donors (Lipinski definition) is 0. The van der Waals surface area contributed by atoms with E-state index in [9.17, 15) is 4.79 Å². The average molecular weight is 290 g/mol. The van der Waals surface area contributed by atoms with Gasteiger partial charge >= 0.3 is 0 Å². The minimum absolute atomic E-state index is 0.0180. The number of hydrogen-bond acceptors (Lipinski definition) is 4. The first-order valence-electron chi connectivity index (χ1n) is 7.27. The van der Waals surface area contributed by atoms with Crippen molar-refractivity contribution in [1.82, 2.24) is 0 Å². The van der Waals surface area contributed by atoms with Crippen molar-refractivity contribution in [2.75, 3.05) is 6.54 Å². The highest BCUT2D eigenvalue weighted by Crippen LogP contribution is 2.39. The Bertz CT molecular complexity index is 900. The first kappa shape index (κ1) is 13.0. The molecule has 0 N–H and O–H groups in total. The predicted molar refractivity (Wildman–Crippen MR) is 84.1 cm³/mol. The number of rotatable bonds is 2. The van der Waals surface area contributed by atoms with E-state index in [0.717, 1.165) is 5.56 Å². The van der Waals surface area contributed by atoms with Crippen LogP contribution in [0.25, 0.3) is 11.0 Å². The average Bonchev–Trinajstić information content (AvgIpc) is 3.05. The zero-order chi connectivity index (χ0) is 14.9. The zero-order valence-electron chi connectivity index (χ0n) is 11.8. The third-order valence-corrected chi connectivity index (χ3v) is 4.03. The molecule has 1 aromatic heterocycles. The van der Waals surface area contributed by atoms with Gasteiger partial charge in [0.1, 0.15) is 17.4 Å². The van der Waals surface area contributed by atoms with Crippen molar-refractivity contribution in [2.45, 2.75) is 12.0 Å². The largest absolute Gasteiger partial charge is 0.460 e. The fourth-order valence-electron chi connectivity index (χ4n) is 2.90. The number of azo groups is 1. The van der Waals surface area contributed by atoms with Crippen LogP contribution in [-0.4, -0.2) is 6.54 Å². The lowest BCUT2D eigenvalue weighted by atomic mass is 9.92. The van der Waals surface area contributed by atoms with Crippen molar-refractivity contribution >= 4 is 11.0 Å². The Labute approximate surface area is 127 Å². The fourth-order valence-corrected chi connectivity index (χ4v) is 2.90. The molecule has 4 rings (SSSR count). The van der Waals surface area contributed by atoms with Gasteiger partial charge in [0.25, 0.3) is 0 Å². The van der Waals surface area contributed by atoms with Crippen LogP contribution in [-0.2, 0) is 0 Å². The minimum atomic E-state index is -0.0921. The van der Waals surface area contributed by atoms with E-state index in [2.05, 4.69) is 10.2 Å². The molecule has 0 bridgehead atoms. The molecule has 0 aliphatic carbocycles. The van der Waals surface area contributed by atoms with Gasteiger partial charge in [-0.3, -0.25) is 4.79 Å². The van der Waals surface area contributed by atoms with E-state index in [-0.39, 0.29) is 17.4 Å². The van der Waals surface area contributed by atoms with Crippen molar-refractivity contribution in [3.05, 3.63) is 82.2 Å². The second-order valence-corrected chi connectivity index (χ2v) is 5.41. The molecule has 0 amide bonds. The third-order valence-electron chi connectivity index (χ3n) is 4.03. The summed E-state index contributed by atoms with van der Waals surface area (Å²) in [6.07, 6.45) is 0. The molecule has 108 valence electrons. The highest BCUT2D eigenvalue weighted by molar-refractivity contribution is 5.76. The van der Waals surface area contributed by atoms with Gasteiger partial charge in [-0.25, -0.2) is 0 Å². The van der Waals surface area contributed by atoms with Gasteiger partial charge in [0, 0.05) is 6.07 Å². The molecule has 4 nitrogen and oxygen atoms in total. The lowest BCUT2D eigenvalue weighted by molar-refractivity contribution is 0.465. The lowest BCUT2D eigenvalue weighted by Gasteiger charge is -2.16. The molecule has 3 aromatic rings. The summed E-state index contributed by atoms with van der Waals surface area (Å²) in [6.45, 7) is 0.543. The van der Waals surface area contributed by atoms with E-state index >= 15 is 0 Å². The molecule has 1 aliphatic rings. The predicted octanol–water partition coefficient (Wildman–Crippen LogP) is 4.08. The van der Waals surface area contributed by atoms with Crippen LogP contribution in [0.4, 0.5) is 0 Å². The van der Waals surface area contributed by atoms with Gasteiger partial charge in [-0.15, -0.1) is 0 Å². The smallest absolute Gasteiger partial charge is 0.192 e. The van der Waals surface area contributed by atoms with Gasteiger partial charge in [0.2, 0.25) is 0 Å². The van der Waals surface area contributed by atoms with E-state index in [1.54, 1.807) is 12.1 Å². The maximum absolute atomic E-state index is 12.3. The second kappa shape index (κ2) is 5.22. The summed E-state index contributed by atoms with van der Waals surface area (Å²) in [5, 5.41) is 9.11. The normalized spacial score (nSPS) is 20.5. The molecule has 4 heteroatoms. The fraction of sp³-hybridized carbons (Fsp3) is 0.167. The van der Waals surface area contributed by atoms with Crippen LogP contribution < -0.4 is 5.43 Å². The van der Waals surface area contributed by atoms with E-state index in [1.165, 1.54) is 0 Å². The van der Waals surface area contributed by atoms with E-state index < -0.39 is 0 Å². The molecule has 0 unspecified atom stereocenters. The van der Waals surface area contributed by atoms with Gasteiger partial charge in [-0.2, -0.15) is 10.2 Å². The molecule has 22 heavy (non-hydrogen) atoms. The molecule has 2 heterocycles. The molecule has 2 atom stereocenters. The Morgan fingerprint density at radius 1 is 1.00 bits per heavy atom. The highest BCUT2D eigenvalue weighted by atomic mass is 16.3. The van der Waals surface area contributed by atoms with Crippen LogP contribution in [0, 0.1) is 0 Å². The van der Waals surface area contributed by atoms with Crippen molar-refractivity contribution in [3.63, 3.8) is 0 Å². The molecular formula is C18H14N2O2. The summed E-state index contributed by atoms with van der Waals surface area (Å²) in [5.41, 5.74) is 1.68. The molecule has 0 radical (unpaired) electrons. The molecule has 0 fully saturated rings. The SMILES string of the molecule is O=c1cc([C@H]2CN=N[C@@H]2c2ccccc2)oc2ccccc12. The minimum Gasteiger partial charge on any atom is -0.460 e. The topological polar surface area (TPSA) is 54.9 Å². The molecule has 0 saturated carbocycles. The number of para-hydroxylation sites is 1. The van der Waals surface area contributed by atoms with Gasteiger partial charge in [0.15, 0.2) is 5.43 Å². The van der Waals surface area contributed by atoms with Crippen LogP contribution >= 0.6 is 0 Å². The van der Waals surface area contributed by atoms with E-state index in [0.29, 0.717) is 23.3 Å². The maximum atomic E-state index is 12.3. The third kappa shape index (κ3) is 2.13. The summed E-state index contributed by atoms with van der Waals surface area (Å²) in [4.78, 5) is 12.3. The highest BCUT2D eigenvalue weighted by Gasteiger charge is 2.31. The van der Waals surface area contributed by atoms with Crippen LogP contribution in [0.1, 0.15) is 23.3 Å². The molecule has 2 aromatic carbocycles. The van der Waals surface area contributed by atoms with Gasteiger partial charge in [-0.1, -0.05) is 42.5 Å². The maximum Gasteiger partial charge on any atom is 0.192 e. The first-order chi connectivity index (χ1) is 10.8. The first-order valence-corrected chi connectivity index (χ1v) is 7.27. The molecule has 0 saturated heterocycles. The Kier molecular flexibility index (Phi) is 3.07. The van der Waals surface area contributed by atoms with Crippen molar-refractivity contribution in [3.8, 4) is 0 Å². The summed E-state index contributed by atoms with van der Waals surface area (Å²) in [5.74, 6) is 0.627. The Balaban J connectivity index is 1.80. The van der Waals surface area contributed by atoms with Crippen LogP contribution in [0.3, 0.4) is 0 Å². The monoisotopic (exact) mass is 290 g/mol. The quantitative estimate of drug-likeness (QED) is 0.714. The molecule has 1 aliphatic heterocycles. The standard InChI is InChI=1S/C18H14N2O2/c21-15-10-17(22-16-9-5-4-8-13(15)16)14-11-19-20-18(14)12-6-2-1-3-7-12/h1-10,14,18H,11H2/t14-,18-/m1/s1. The summed E-state index contributed by atoms with van der Waals surface area (Å²) < 4.78 is 5.96. The summed E-state index contributed by atoms with van der Waals surface area (Å²) >= 11 is 0. The van der Waals surface area contributed by atoms with Crippen LogP contribution in [0.2, 0.25) is 0 Å². The Morgan fingerprint density at radius 2 is 1.77 bits per heavy atom. The summed E-state index contributed by atoms with van der Waals surface area (Å²) in [7, 11) is 0. The van der Waals surface area contributed by atoms with Crippen LogP contribution in [0.5, 0.6) is 0 Å².